The van der Waals surface area contributed by atoms with Crippen molar-refractivity contribution in [2.45, 2.75) is 4.90 Å². The summed E-state index contributed by atoms with van der Waals surface area (Å²) < 4.78 is 37.0. The lowest BCUT2D eigenvalue weighted by Gasteiger charge is -2.09. The Kier molecular flexibility index (Phi) is 4.73. The first-order chi connectivity index (χ1) is 10.8. The van der Waals surface area contributed by atoms with Crippen LogP contribution in [0.1, 0.15) is 26.3 Å². The van der Waals surface area contributed by atoms with Crippen LogP contribution in [0.2, 0.25) is 0 Å². The van der Waals surface area contributed by atoms with Gasteiger partial charge in [0.05, 0.1) is 11.1 Å². The zero-order valence-electron chi connectivity index (χ0n) is 11.8. The van der Waals surface area contributed by atoms with Crippen LogP contribution in [0, 0.1) is 0 Å². The van der Waals surface area contributed by atoms with Gasteiger partial charge in [0.15, 0.2) is 0 Å². The zero-order valence-corrected chi connectivity index (χ0v) is 12.6. The number of hydrogen-bond acceptors (Lipinski definition) is 5. The Morgan fingerprint density at radius 2 is 1.65 bits per heavy atom. The fourth-order valence-electron chi connectivity index (χ4n) is 1.94. The molecule has 0 aromatic heterocycles. The summed E-state index contributed by atoms with van der Waals surface area (Å²) in [6.45, 7) is 3.42. The third-order valence-electron chi connectivity index (χ3n) is 2.94. The summed E-state index contributed by atoms with van der Waals surface area (Å²) in [7, 11) is -4.71. The predicted octanol–water partition coefficient (Wildman–Crippen LogP) is 2.57. The van der Waals surface area contributed by atoms with E-state index in [0.717, 1.165) is 6.07 Å². The molecule has 0 radical (unpaired) electrons. The van der Waals surface area contributed by atoms with Crippen LogP contribution < -0.4 is 0 Å². The minimum atomic E-state index is -4.71. The van der Waals surface area contributed by atoms with Crippen molar-refractivity contribution >= 4 is 28.1 Å². The molecule has 0 aliphatic carbocycles. The number of carbonyl (C=O) groups excluding carboxylic acids is 2. The quantitative estimate of drug-likeness (QED) is 0.525. The van der Waals surface area contributed by atoms with Crippen LogP contribution in [-0.2, 0) is 14.9 Å². The lowest BCUT2D eigenvalue weighted by molar-refractivity contribution is 0.0394. The van der Waals surface area contributed by atoms with E-state index in [9.17, 15) is 22.6 Å². The Morgan fingerprint density at radius 3 is 2.22 bits per heavy atom. The monoisotopic (exact) mass is 332 g/mol. The summed E-state index contributed by atoms with van der Waals surface area (Å²) in [6.07, 6.45) is 1.17. The highest BCUT2D eigenvalue weighted by atomic mass is 32.2. The molecule has 0 spiro atoms. The minimum Gasteiger partial charge on any atom is -0.386 e. The van der Waals surface area contributed by atoms with E-state index in [4.69, 9.17) is 0 Å². The molecule has 0 bridgehead atoms. The van der Waals surface area contributed by atoms with Gasteiger partial charge in [-0.15, -0.1) is 0 Å². The number of esters is 2. The Hall–Kier alpha value is -2.77. The van der Waals surface area contributed by atoms with Crippen LogP contribution >= 0.6 is 0 Å². The molecule has 118 valence electrons. The van der Waals surface area contributed by atoms with E-state index < -0.39 is 32.5 Å². The van der Waals surface area contributed by atoms with E-state index in [1.54, 1.807) is 18.2 Å². The molecule has 2 rings (SSSR count). The lowest BCUT2D eigenvalue weighted by atomic mass is 10.1. The van der Waals surface area contributed by atoms with Gasteiger partial charge < -0.3 is 4.74 Å². The van der Waals surface area contributed by atoms with Crippen molar-refractivity contribution < 1.29 is 27.3 Å². The molecule has 0 fully saturated rings. The molecule has 2 aromatic rings. The van der Waals surface area contributed by atoms with E-state index in [2.05, 4.69) is 11.3 Å². The summed E-state index contributed by atoms with van der Waals surface area (Å²) in [4.78, 5) is 23.3. The molecule has 0 heterocycles. The van der Waals surface area contributed by atoms with Crippen LogP contribution in [0.3, 0.4) is 0 Å². The fourth-order valence-corrected chi connectivity index (χ4v) is 2.82. The summed E-state index contributed by atoms with van der Waals surface area (Å²) in [5.74, 6) is -2.11. The maximum atomic E-state index is 12.1. The van der Waals surface area contributed by atoms with E-state index in [1.165, 1.54) is 30.3 Å². The van der Waals surface area contributed by atoms with Crippen LogP contribution in [0.5, 0.6) is 0 Å². The van der Waals surface area contributed by atoms with Crippen molar-refractivity contribution in [3.05, 3.63) is 71.8 Å². The van der Waals surface area contributed by atoms with Gasteiger partial charge >= 0.3 is 11.9 Å². The highest BCUT2D eigenvalue weighted by Crippen LogP contribution is 2.23. The first-order valence-corrected chi connectivity index (χ1v) is 7.83. The summed E-state index contributed by atoms with van der Waals surface area (Å²) in [5.41, 5.74) is -0.294. The second-order valence-electron chi connectivity index (χ2n) is 4.45. The molecule has 0 amide bonds. The minimum absolute atomic E-state index is 0.0223. The van der Waals surface area contributed by atoms with Crippen LogP contribution in [0.25, 0.3) is 6.08 Å². The molecular weight excluding hydrogens is 320 g/mol. The van der Waals surface area contributed by atoms with E-state index in [0.29, 0.717) is 0 Å². The number of hydrogen-bond donors (Lipinski definition) is 1. The molecule has 0 saturated heterocycles. The number of rotatable bonds is 4. The third kappa shape index (κ3) is 3.71. The molecule has 0 aliphatic rings. The Labute approximate surface area is 132 Å². The molecule has 6 nitrogen and oxygen atoms in total. The summed E-state index contributed by atoms with van der Waals surface area (Å²) in [5, 5.41) is 0. The highest BCUT2D eigenvalue weighted by Gasteiger charge is 2.26. The van der Waals surface area contributed by atoms with E-state index in [-0.39, 0.29) is 11.1 Å². The summed E-state index contributed by atoms with van der Waals surface area (Å²) in [6, 6.07) is 11.6. The van der Waals surface area contributed by atoms with Gasteiger partial charge in [0.1, 0.15) is 4.90 Å². The number of ether oxygens (including phenoxy) is 1. The largest absolute Gasteiger partial charge is 0.386 e. The van der Waals surface area contributed by atoms with Gasteiger partial charge in [-0.3, -0.25) is 4.55 Å². The van der Waals surface area contributed by atoms with Crippen LogP contribution in [0.4, 0.5) is 0 Å². The zero-order chi connectivity index (χ0) is 17.0. The Morgan fingerprint density at radius 1 is 1.00 bits per heavy atom. The molecule has 23 heavy (non-hydrogen) atoms. The molecule has 0 unspecified atom stereocenters. The van der Waals surface area contributed by atoms with E-state index >= 15 is 0 Å². The van der Waals surface area contributed by atoms with Crippen molar-refractivity contribution in [3.8, 4) is 0 Å². The first-order valence-electron chi connectivity index (χ1n) is 6.39. The third-order valence-corrected chi connectivity index (χ3v) is 3.91. The van der Waals surface area contributed by atoms with Crippen molar-refractivity contribution in [3.63, 3.8) is 0 Å². The van der Waals surface area contributed by atoms with Gasteiger partial charge in [-0.25, -0.2) is 9.59 Å². The van der Waals surface area contributed by atoms with Gasteiger partial charge in [0, 0.05) is 0 Å². The molecule has 0 saturated carbocycles. The molecule has 2 aromatic carbocycles. The van der Waals surface area contributed by atoms with Gasteiger partial charge in [-0.2, -0.15) is 8.42 Å². The predicted molar refractivity (Wildman–Crippen MR) is 82.5 cm³/mol. The number of benzene rings is 2. The second-order valence-corrected chi connectivity index (χ2v) is 5.80. The average Bonchev–Trinajstić information content (AvgIpc) is 2.53. The van der Waals surface area contributed by atoms with Crippen molar-refractivity contribution in [1.82, 2.24) is 0 Å². The summed E-state index contributed by atoms with van der Waals surface area (Å²) >= 11 is 0. The normalized spacial score (nSPS) is 10.8. The topological polar surface area (TPSA) is 97.7 Å². The van der Waals surface area contributed by atoms with Gasteiger partial charge in [0.2, 0.25) is 0 Å². The van der Waals surface area contributed by atoms with Crippen molar-refractivity contribution in [2.75, 3.05) is 0 Å². The van der Waals surface area contributed by atoms with Crippen molar-refractivity contribution in [2.24, 2.45) is 0 Å². The van der Waals surface area contributed by atoms with E-state index in [1.807, 2.05) is 0 Å². The number of carbonyl (C=O) groups is 2. The van der Waals surface area contributed by atoms with Gasteiger partial charge in [-0.05, 0) is 23.8 Å². The molecule has 0 atom stereocenters. The molecule has 7 heteroatoms. The lowest BCUT2D eigenvalue weighted by Crippen LogP contribution is -2.17. The molecule has 1 N–H and O–H groups in total. The standard InChI is InChI=1S/C16H12O6S/c1-2-11-9-6-10-13(14(11)23(19,20)21)16(18)22-15(17)12-7-4-3-5-8-12/h2-10H,1H2,(H,19,20,21). The highest BCUT2D eigenvalue weighted by molar-refractivity contribution is 7.86. The SMILES string of the molecule is C=Cc1cccc(C(=O)OC(=O)c2ccccc2)c1S(=O)(=O)O. The fraction of sp³-hybridized carbons (Fsp3) is 0. The first kappa shape index (κ1) is 16.6. The molecule has 0 aliphatic heterocycles. The smallest absolute Gasteiger partial charge is 0.347 e. The van der Waals surface area contributed by atoms with Gasteiger partial charge in [-0.1, -0.05) is 43.0 Å². The van der Waals surface area contributed by atoms with Gasteiger partial charge in [0.25, 0.3) is 10.1 Å². The maximum Gasteiger partial charge on any atom is 0.347 e. The average molecular weight is 332 g/mol. The van der Waals surface area contributed by atoms with Crippen molar-refractivity contribution in [1.29, 1.82) is 0 Å². The van der Waals surface area contributed by atoms with Crippen LogP contribution in [-0.4, -0.2) is 24.9 Å². The maximum absolute atomic E-state index is 12.1. The Balaban J connectivity index is 2.41. The van der Waals surface area contributed by atoms with Crippen LogP contribution in [0.15, 0.2) is 60.0 Å². The Bertz CT molecular complexity index is 869. The molecular formula is C16H12O6S. The second kappa shape index (κ2) is 6.55.